The van der Waals surface area contributed by atoms with Gasteiger partial charge in [0, 0.05) is 6.07 Å². The van der Waals surface area contributed by atoms with Crippen molar-refractivity contribution in [1.82, 2.24) is 5.16 Å². The highest BCUT2D eigenvalue weighted by Gasteiger charge is 2.35. The largest absolute Gasteiger partial charge is 0.452 e. The first-order valence-corrected chi connectivity index (χ1v) is 3.92. The monoisotopic (exact) mass is 193 g/mol. The standard InChI is InChI=1S/C8H10F3NO/c1-5(2)3-6-4-7(13-12-6)8(9,10)11/h4-5H,3H2,1-2H3. The van der Waals surface area contributed by atoms with Crippen LogP contribution in [0.3, 0.4) is 0 Å². The molecule has 0 aromatic carbocycles. The molecule has 0 aliphatic heterocycles. The second kappa shape index (κ2) is 3.40. The summed E-state index contributed by atoms with van der Waals surface area (Å²) in [7, 11) is 0. The van der Waals surface area contributed by atoms with E-state index in [2.05, 4.69) is 9.68 Å². The Balaban J connectivity index is 2.75. The molecule has 0 fully saturated rings. The molecule has 13 heavy (non-hydrogen) atoms. The lowest BCUT2D eigenvalue weighted by Crippen LogP contribution is -2.02. The maximum Gasteiger partial charge on any atom is 0.452 e. The third-order valence-electron chi connectivity index (χ3n) is 1.46. The maximum absolute atomic E-state index is 12.0. The molecule has 0 aliphatic rings. The van der Waals surface area contributed by atoms with E-state index in [1.54, 1.807) is 0 Å². The Labute approximate surface area is 73.7 Å². The summed E-state index contributed by atoms with van der Waals surface area (Å²) in [5.74, 6) is -0.755. The molecule has 1 rings (SSSR count). The zero-order valence-corrected chi connectivity index (χ0v) is 7.35. The molecule has 1 aromatic heterocycles. The minimum Gasteiger partial charge on any atom is -0.351 e. The predicted molar refractivity (Wildman–Crippen MR) is 40.0 cm³/mol. The summed E-state index contributed by atoms with van der Waals surface area (Å²) < 4.78 is 40.2. The predicted octanol–water partition coefficient (Wildman–Crippen LogP) is 2.89. The second-order valence-electron chi connectivity index (χ2n) is 3.28. The van der Waals surface area contributed by atoms with Gasteiger partial charge in [-0.25, -0.2) is 0 Å². The lowest BCUT2D eigenvalue weighted by atomic mass is 10.1. The van der Waals surface area contributed by atoms with Gasteiger partial charge in [-0.05, 0) is 12.3 Å². The van der Waals surface area contributed by atoms with Crippen LogP contribution in [0.1, 0.15) is 25.3 Å². The minimum absolute atomic E-state index is 0.270. The fourth-order valence-corrected chi connectivity index (χ4v) is 0.960. The number of aromatic nitrogens is 1. The van der Waals surface area contributed by atoms with Crippen LogP contribution < -0.4 is 0 Å². The van der Waals surface area contributed by atoms with E-state index in [4.69, 9.17) is 0 Å². The van der Waals surface area contributed by atoms with E-state index < -0.39 is 11.9 Å². The Hall–Kier alpha value is -1.00. The van der Waals surface area contributed by atoms with E-state index in [0.29, 0.717) is 12.1 Å². The fraction of sp³-hybridized carbons (Fsp3) is 0.625. The fourth-order valence-electron chi connectivity index (χ4n) is 0.960. The Bertz CT molecular complexity index is 277. The summed E-state index contributed by atoms with van der Waals surface area (Å²) in [6, 6.07) is 0.944. The second-order valence-corrected chi connectivity index (χ2v) is 3.28. The van der Waals surface area contributed by atoms with E-state index >= 15 is 0 Å². The van der Waals surface area contributed by atoms with Gasteiger partial charge in [-0.3, -0.25) is 0 Å². The molecular formula is C8H10F3NO. The van der Waals surface area contributed by atoms with E-state index in [9.17, 15) is 13.2 Å². The van der Waals surface area contributed by atoms with Crippen LogP contribution in [0.2, 0.25) is 0 Å². The van der Waals surface area contributed by atoms with Crippen molar-refractivity contribution in [2.75, 3.05) is 0 Å². The van der Waals surface area contributed by atoms with Crippen LogP contribution >= 0.6 is 0 Å². The molecular weight excluding hydrogens is 183 g/mol. The zero-order chi connectivity index (χ0) is 10.1. The number of rotatable bonds is 2. The van der Waals surface area contributed by atoms with Crippen LogP contribution in [0.15, 0.2) is 10.6 Å². The lowest BCUT2D eigenvalue weighted by molar-refractivity contribution is -0.155. The van der Waals surface area contributed by atoms with Crippen molar-refractivity contribution in [3.8, 4) is 0 Å². The Morgan fingerprint density at radius 1 is 1.46 bits per heavy atom. The normalized spacial score (nSPS) is 12.5. The van der Waals surface area contributed by atoms with Crippen LogP contribution in [-0.4, -0.2) is 5.16 Å². The number of hydrogen-bond acceptors (Lipinski definition) is 2. The molecule has 0 aliphatic carbocycles. The van der Waals surface area contributed by atoms with Crippen molar-refractivity contribution in [1.29, 1.82) is 0 Å². The third kappa shape index (κ3) is 2.75. The molecule has 74 valence electrons. The first-order chi connectivity index (χ1) is 5.89. The summed E-state index contributed by atoms with van der Waals surface area (Å²) >= 11 is 0. The molecule has 2 nitrogen and oxygen atoms in total. The van der Waals surface area contributed by atoms with Crippen molar-refractivity contribution in [3.63, 3.8) is 0 Å². The Kier molecular flexibility index (Phi) is 2.63. The Morgan fingerprint density at radius 3 is 2.46 bits per heavy atom. The molecule has 0 amide bonds. The van der Waals surface area contributed by atoms with Gasteiger partial charge >= 0.3 is 6.18 Å². The SMILES string of the molecule is CC(C)Cc1cc(C(F)(F)F)on1. The van der Waals surface area contributed by atoms with E-state index in [-0.39, 0.29) is 5.92 Å². The highest BCUT2D eigenvalue weighted by molar-refractivity contribution is 5.08. The van der Waals surface area contributed by atoms with Crippen molar-refractivity contribution in [2.24, 2.45) is 5.92 Å². The quantitative estimate of drug-likeness (QED) is 0.721. The lowest BCUT2D eigenvalue weighted by Gasteiger charge is -1.98. The van der Waals surface area contributed by atoms with Crippen molar-refractivity contribution in [3.05, 3.63) is 17.5 Å². The molecule has 5 heteroatoms. The average molecular weight is 193 g/mol. The molecule has 0 saturated heterocycles. The number of hydrogen-bond donors (Lipinski definition) is 0. The summed E-state index contributed by atoms with van der Waals surface area (Å²) in [6.07, 6.45) is -3.93. The van der Waals surface area contributed by atoms with Gasteiger partial charge in [0.15, 0.2) is 0 Å². The molecule has 0 unspecified atom stereocenters. The van der Waals surface area contributed by atoms with Crippen LogP contribution in [0.5, 0.6) is 0 Å². The summed E-state index contributed by atoms with van der Waals surface area (Å²) in [5, 5.41) is 3.33. The summed E-state index contributed by atoms with van der Waals surface area (Å²) in [4.78, 5) is 0. The first kappa shape index (κ1) is 10.1. The van der Waals surface area contributed by atoms with E-state index in [1.165, 1.54) is 0 Å². The van der Waals surface area contributed by atoms with E-state index in [0.717, 1.165) is 6.07 Å². The van der Waals surface area contributed by atoms with Crippen molar-refractivity contribution >= 4 is 0 Å². The number of alkyl halides is 3. The van der Waals surface area contributed by atoms with Gasteiger partial charge in [0.2, 0.25) is 5.76 Å². The molecule has 0 spiro atoms. The highest BCUT2D eigenvalue weighted by Crippen LogP contribution is 2.29. The van der Waals surface area contributed by atoms with Crippen molar-refractivity contribution in [2.45, 2.75) is 26.4 Å². The molecule has 1 aromatic rings. The minimum atomic E-state index is -4.43. The summed E-state index contributed by atoms with van der Waals surface area (Å²) in [6.45, 7) is 3.81. The van der Waals surface area contributed by atoms with Crippen LogP contribution in [0.4, 0.5) is 13.2 Å². The first-order valence-electron chi connectivity index (χ1n) is 3.92. The van der Waals surface area contributed by atoms with Gasteiger partial charge in [-0.2, -0.15) is 13.2 Å². The smallest absolute Gasteiger partial charge is 0.351 e. The number of halogens is 3. The third-order valence-corrected chi connectivity index (χ3v) is 1.46. The maximum atomic E-state index is 12.0. The van der Waals surface area contributed by atoms with Gasteiger partial charge < -0.3 is 4.52 Å². The number of nitrogens with zero attached hydrogens (tertiary/aromatic N) is 1. The van der Waals surface area contributed by atoms with Crippen molar-refractivity contribution < 1.29 is 17.7 Å². The van der Waals surface area contributed by atoms with Gasteiger partial charge in [0.1, 0.15) is 0 Å². The molecule has 0 radical (unpaired) electrons. The van der Waals surface area contributed by atoms with Crippen LogP contribution in [-0.2, 0) is 12.6 Å². The van der Waals surface area contributed by atoms with Gasteiger partial charge in [0.05, 0.1) is 5.69 Å². The van der Waals surface area contributed by atoms with Crippen LogP contribution in [0, 0.1) is 5.92 Å². The van der Waals surface area contributed by atoms with E-state index in [1.807, 2.05) is 13.8 Å². The van der Waals surface area contributed by atoms with Gasteiger partial charge in [-0.15, -0.1) is 0 Å². The molecule has 0 atom stereocenters. The van der Waals surface area contributed by atoms with Crippen LogP contribution in [0.25, 0.3) is 0 Å². The zero-order valence-electron chi connectivity index (χ0n) is 7.35. The van der Waals surface area contributed by atoms with Gasteiger partial charge in [0.25, 0.3) is 0 Å². The topological polar surface area (TPSA) is 26.0 Å². The van der Waals surface area contributed by atoms with Gasteiger partial charge in [-0.1, -0.05) is 19.0 Å². The molecule has 0 saturated carbocycles. The average Bonchev–Trinajstić information content (AvgIpc) is 2.32. The Morgan fingerprint density at radius 2 is 2.08 bits per heavy atom. The summed E-state index contributed by atoms with van der Waals surface area (Å²) in [5.41, 5.74) is 0.349. The molecule has 0 N–H and O–H groups in total. The molecule has 0 bridgehead atoms. The highest BCUT2D eigenvalue weighted by atomic mass is 19.4. The molecule has 1 heterocycles.